The molecule has 1 amide bonds. The maximum Gasteiger partial charge on any atom is 0.328 e. The molecule has 24 heavy (non-hydrogen) atoms. The molecule has 8 heteroatoms. The lowest BCUT2D eigenvalue weighted by atomic mass is 10.1. The predicted molar refractivity (Wildman–Crippen MR) is 95.8 cm³/mol. The number of halogens is 2. The van der Waals surface area contributed by atoms with Crippen molar-refractivity contribution in [1.29, 1.82) is 0 Å². The quantitative estimate of drug-likeness (QED) is 0.653. The Bertz CT molecular complexity index is 962. The number of thiophene rings is 1. The van der Waals surface area contributed by atoms with E-state index in [1.165, 1.54) is 23.5 Å². The second-order valence-electron chi connectivity index (χ2n) is 4.99. The standard InChI is InChI=1S/C16H12Cl2N2O3S/c1-2-19-16(23)20-11-5-8(17)3-4-10(11)13(15(20)22)14(21)12-6-9(18)7-24-12/h3-7,22H,2H2,1H3,(H,19,23). The summed E-state index contributed by atoms with van der Waals surface area (Å²) in [6, 6.07) is 5.73. The molecule has 0 saturated carbocycles. The molecule has 2 aromatic heterocycles. The normalized spacial score (nSPS) is 11.0. The number of aromatic hydroxyl groups is 1. The van der Waals surface area contributed by atoms with E-state index in [4.69, 9.17) is 23.2 Å². The third-order valence-electron chi connectivity index (χ3n) is 3.45. The van der Waals surface area contributed by atoms with Crippen LogP contribution in [0, 0.1) is 0 Å². The number of nitrogens with zero attached hydrogens (tertiary/aromatic N) is 1. The summed E-state index contributed by atoms with van der Waals surface area (Å²) in [6.45, 7) is 2.13. The van der Waals surface area contributed by atoms with Crippen molar-refractivity contribution in [2.75, 3.05) is 6.54 Å². The number of benzene rings is 1. The van der Waals surface area contributed by atoms with E-state index < -0.39 is 17.7 Å². The number of fused-ring (bicyclic) bond motifs is 1. The Morgan fingerprint density at radius 1 is 1.25 bits per heavy atom. The van der Waals surface area contributed by atoms with Gasteiger partial charge in [0.1, 0.15) is 0 Å². The zero-order chi connectivity index (χ0) is 17.4. The zero-order valence-corrected chi connectivity index (χ0v) is 14.8. The van der Waals surface area contributed by atoms with Crippen molar-refractivity contribution >= 4 is 57.3 Å². The maximum absolute atomic E-state index is 12.8. The molecule has 0 aliphatic carbocycles. The Morgan fingerprint density at radius 3 is 2.62 bits per heavy atom. The highest BCUT2D eigenvalue weighted by Gasteiger charge is 2.27. The predicted octanol–water partition coefficient (Wildman–Crippen LogP) is 4.52. The lowest BCUT2D eigenvalue weighted by Gasteiger charge is -2.06. The number of aromatic nitrogens is 1. The Hall–Kier alpha value is -2.02. The van der Waals surface area contributed by atoms with Gasteiger partial charge in [-0.2, -0.15) is 0 Å². The van der Waals surface area contributed by atoms with Gasteiger partial charge in [0.2, 0.25) is 11.7 Å². The number of rotatable bonds is 3. The van der Waals surface area contributed by atoms with Crippen LogP contribution >= 0.6 is 34.5 Å². The van der Waals surface area contributed by atoms with E-state index in [0.717, 1.165) is 4.57 Å². The molecule has 0 radical (unpaired) electrons. The number of amides is 1. The monoisotopic (exact) mass is 382 g/mol. The van der Waals surface area contributed by atoms with Crippen LogP contribution in [0.5, 0.6) is 5.88 Å². The second kappa shape index (κ2) is 6.47. The van der Waals surface area contributed by atoms with Crippen LogP contribution in [0.25, 0.3) is 10.9 Å². The number of nitrogens with one attached hydrogen (secondary N) is 1. The van der Waals surface area contributed by atoms with Crippen LogP contribution in [0.4, 0.5) is 4.79 Å². The molecule has 0 saturated heterocycles. The fourth-order valence-electron chi connectivity index (χ4n) is 2.46. The minimum atomic E-state index is -0.537. The van der Waals surface area contributed by atoms with Gasteiger partial charge in [-0.1, -0.05) is 29.3 Å². The number of carbonyl (C=O) groups is 2. The molecule has 0 aliphatic heterocycles. The molecule has 3 rings (SSSR count). The molecule has 0 atom stereocenters. The van der Waals surface area contributed by atoms with Crippen LogP contribution in [-0.2, 0) is 0 Å². The van der Waals surface area contributed by atoms with Crippen molar-refractivity contribution in [3.05, 3.63) is 50.1 Å². The molecule has 0 bridgehead atoms. The Balaban J connectivity index is 2.26. The van der Waals surface area contributed by atoms with Gasteiger partial charge in [0.25, 0.3) is 0 Å². The first-order valence-electron chi connectivity index (χ1n) is 7.04. The van der Waals surface area contributed by atoms with Gasteiger partial charge in [0.15, 0.2) is 0 Å². The van der Waals surface area contributed by atoms with Crippen LogP contribution in [0.1, 0.15) is 22.2 Å². The van der Waals surface area contributed by atoms with Crippen LogP contribution in [0.3, 0.4) is 0 Å². The Labute approximate surface area is 151 Å². The second-order valence-corrected chi connectivity index (χ2v) is 6.77. The van der Waals surface area contributed by atoms with Gasteiger partial charge in [-0.3, -0.25) is 4.79 Å². The van der Waals surface area contributed by atoms with Crippen molar-refractivity contribution in [1.82, 2.24) is 9.88 Å². The number of carbonyl (C=O) groups excluding carboxylic acids is 2. The minimum absolute atomic E-state index is 0.0476. The number of hydrogen-bond acceptors (Lipinski definition) is 4. The smallest absolute Gasteiger partial charge is 0.328 e. The summed E-state index contributed by atoms with van der Waals surface area (Å²) in [5, 5.41) is 16.1. The fourth-order valence-corrected chi connectivity index (χ4v) is 3.65. The van der Waals surface area contributed by atoms with Gasteiger partial charge in [-0.05, 0) is 25.1 Å². The third-order valence-corrected chi connectivity index (χ3v) is 4.97. The first-order valence-corrected chi connectivity index (χ1v) is 8.67. The van der Waals surface area contributed by atoms with E-state index in [0.29, 0.717) is 32.4 Å². The molecule has 2 heterocycles. The first kappa shape index (κ1) is 16.8. The Morgan fingerprint density at radius 2 is 2.00 bits per heavy atom. The topological polar surface area (TPSA) is 71.3 Å². The third kappa shape index (κ3) is 2.77. The molecule has 124 valence electrons. The molecule has 0 unspecified atom stereocenters. The number of ketones is 1. The van der Waals surface area contributed by atoms with Gasteiger partial charge in [-0.15, -0.1) is 11.3 Å². The van der Waals surface area contributed by atoms with E-state index in [-0.39, 0.29) is 5.56 Å². The maximum atomic E-state index is 12.8. The van der Waals surface area contributed by atoms with Crippen molar-refractivity contribution in [3.8, 4) is 5.88 Å². The molecule has 1 aromatic carbocycles. The Kier molecular flexibility index (Phi) is 4.54. The van der Waals surface area contributed by atoms with Crippen LogP contribution in [0.15, 0.2) is 29.6 Å². The van der Waals surface area contributed by atoms with Gasteiger partial charge in [0, 0.05) is 22.3 Å². The van der Waals surface area contributed by atoms with Crippen molar-refractivity contribution < 1.29 is 14.7 Å². The van der Waals surface area contributed by atoms with Crippen LogP contribution in [-0.4, -0.2) is 28.0 Å². The molecule has 2 N–H and O–H groups in total. The largest absolute Gasteiger partial charge is 0.494 e. The van der Waals surface area contributed by atoms with E-state index in [2.05, 4.69) is 5.32 Å². The van der Waals surface area contributed by atoms with Crippen molar-refractivity contribution in [2.45, 2.75) is 6.92 Å². The highest BCUT2D eigenvalue weighted by atomic mass is 35.5. The summed E-state index contributed by atoms with van der Waals surface area (Å²) in [7, 11) is 0. The highest BCUT2D eigenvalue weighted by molar-refractivity contribution is 7.12. The van der Waals surface area contributed by atoms with Crippen molar-refractivity contribution in [3.63, 3.8) is 0 Å². The molecule has 0 spiro atoms. The zero-order valence-electron chi connectivity index (χ0n) is 12.5. The lowest BCUT2D eigenvalue weighted by molar-refractivity contribution is 0.104. The molecular formula is C16H12Cl2N2O3S. The SMILES string of the molecule is CCNC(=O)n1c(O)c(C(=O)c2cc(Cl)cs2)c2ccc(Cl)cc21. The van der Waals surface area contributed by atoms with Gasteiger partial charge < -0.3 is 10.4 Å². The summed E-state index contributed by atoms with van der Waals surface area (Å²) >= 11 is 13.1. The summed E-state index contributed by atoms with van der Waals surface area (Å²) in [6.07, 6.45) is 0. The molecular weight excluding hydrogens is 371 g/mol. The summed E-state index contributed by atoms with van der Waals surface area (Å²) < 4.78 is 1.05. The van der Waals surface area contributed by atoms with Gasteiger partial charge >= 0.3 is 6.03 Å². The van der Waals surface area contributed by atoms with Crippen LogP contribution < -0.4 is 5.32 Å². The fraction of sp³-hybridized carbons (Fsp3) is 0.125. The molecule has 0 aliphatic rings. The lowest BCUT2D eigenvalue weighted by Crippen LogP contribution is -2.27. The summed E-state index contributed by atoms with van der Waals surface area (Å²) in [4.78, 5) is 25.4. The average molecular weight is 383 g/mol. The van der Waals surface area contributed by atoms with E-state index in [9.17, 15) is 14.7 Å². The summed E-state index contributed by atoms with van der Waals surface area (Å²) in [5.74, 6) is -0.826. The van der Waals surface area contributed by atoms with Crippen LogP contribution in [0.2, 0.25) is 10.0 Å². The minimum Gasteiger partial charge on any atom is -0.494 e. The molecule has 5 nitrogen and oxygen atoms in total. The van der Waals surface area contributed by atoms with Gasteiger partial charge in [-0.25, -0.2) is 9.36 Å². The molecule has 0 fully saturated rings. The van der Waals surface area contributed by atoms with E-state index >= 15 is 0 Å². The van der Waals surface area contributed by atoms with Crippen molar-refractivity contribution in [2.24, 2.45) is 0 Å². The molecule has 3 aromatic rings. The average Bonchev–Trinajstić information content (AvgIpc) is 3.07. The summed E-state index contributed by atoms with van der Waals surface area (Å²) in [5.41, 5.74) is 0.406. The van der Waals surface area contributed by atoms with Gasteiger partial charge in [0.05, 0.1) is 21.0 Å². The van der Waals surface area contributed by atoms with E-state index in [1.54, 1.807) is 24.4 Å². The number of hydrogen-bond donors (Lipinski definition) is 2. The first-order chi connectivity index (χ1) is 11.4. The highest BCUT2D eigenvalue weighted by Crippen LogP contribution is 2.35. The van der Waals surface area contributed by atoms with E-state index in [1.807, 2.05) is 0 Å².